The van der Waals surface area contributed by atoms with Crippen molar-refractivity contribution in [3.63, 3.8) is 0 Å². The van der Waals surface area contributed by atoms with Gasteiger partial charge in [0.25, 0.3) is 0 Å². The lowest BCUT2D eigenvalue weighted by Crippen LogP contribution is -2.36. The number of nitrogen functional groups attached to an aromatic ring is 1. The van der Waals surface area contributed by atoms with E-state index in [1.165, 1.54) is 12.8 Å². The lowest BCUT2D eigenvalue weighted by Gasteiger charge is -2.24. The first kappa shape index (κ1) is 12.1. The Morgan fingerprint density at radius 3 is 3.00 bits per heavy atom. The Balaban J connectivity index is 1.83. The number of hydrogen-bond donors (Lipinski definition) is 3. The molecule has 1 aromatic rings. The standard InChI is InChI=1S/C11H20N6/c1-8(17(2)9-3-4-9)7-14-10-5-6-13-11(15-10)16-12/h5-6,8-9H,3-4,7,12H2,1-2H3,(H2,13,14,15,16). The van der Waals surface area contributed by atoms with E-state index in [0.717, 1.165) is 18.4 Å². The molecule has 6 heteroatoms. The number of anilines is 2. The van der Waals surface area contributed by atoms with E-state index in [4.69, 9.17) is 5.84 Å². The zero-order chi connectivity index (χ0) is 12.3. The topological polar surface area (TPSA) is 79.1 Å². The molecule has 1 unspecified atom stereocenters. The van der Waals surface area contributed by atoms with Crippen LogP contribution < -0.4 is 16.6 Å². The van der Waals surface area contributed by atoms with Gasteiger partial charge in [0.15, 0.2) is 0 Å². The fourth-order valence-electron chi connectivity index (χ4n) is 1.76. The highest BCUT2D eigenvalue weighted by Crippen LogP contribution is 2.26. The summed E-state index contributed by atoms with van der Waals surface area (Å²) < 4.78 is 0. The molecule has 0 amide bonds. The van der Waals surface area contributed by atoms with Gasteiger partial charge in [-0.2, -0.15) is 4.98 Å². The summed E-state index contributed by atoms with van der Waals surface area (Å²) in [6, 6.07) is 3.11. The van der Waals surface area contributed by atoms with E-state index >= 15 is 0 Å². The molecule has 1 saturated carbocycles. The SMILES string of the molecule is CC(CNc1ccnc(NN)n1)N(C)C1CC1. The van der Waals surface area contributed by atoms with Crippen LogP contribution in [0.1, 0.15) is 19.8 Å². The fourth-order valence-corrected chi connectivity index (χ4v) is 1.76. The molecule has 1 aromatic heterocycles. The smallest absolute Gasteiger partial charge is 0.239 e. The minimum atomic E-state index is 0.429. The molecular formula is C11H20N6. The summed E-state index contributed by atoms with van der Waals surface area (Å²) >= 11 is 0. The summed E-state index contributed by atoms with van der Waals surface area (Å²) in [5, 5.41) is 3.29. The largest absolute Gasteiger partial charge is 0.368 e. The van der Waals surface area contributed by atoms with Gasteiger partial charge >= 0.3 is 0 Å². The third kappa shape index (κ3) is 3.28. The highest BCUT2D eigenvalue weighted by Gasteiger charge is 2.28. The normalized spacial score (nSPS) is 16.9. The second kappa shape index (κ2) is 5.29. The van der Waals surface area contributed by atoms with E-state index in [0.29, 0.717) is 12.0 Å². The summed E-state index contributed by atoms with van der Waals surface area (Å²) in [5.74, 6) is 6.48. The highest BCUT2D eigenvalue weighted by molar-refractivity contribution is 5.38. The number of nitrogens with one attached hydrogen (secondary N) is 2. The maximum Gasteiger partial charge on any atom is 0.239 e. The Labute approximate surface area is 102 Å². The van der Waals surface area contributed by atoms with Gasteiger partial charge in [0.2, 0.25) is 5.95 Å². The summed E-state index contributed by atoms with van der Waals surface area (Å²) in [6.45, 7) is 3.09. The molecule has 6 nitrogen and oxygen atoms in total. The van der Waals surface area contributed by atoms with Gasteiger partial charge in [0.1, 0.15) is 5.82 Å². The number of nitrogens with two attached hydrogens (primary N) is 1. The molecule has 1 heterocycles. The third-order valence-electron chi connectivity index (χ3n) is 3.18. The first-order valence-corrected chi connectivity index (χ1v) is 5.96. The maximum absolute atomic E-state index is 5.26. The predicted octanol–water partition coefficient (Wildman–Crippen LogP) is 0.657. The molecule has 1 aliphatic carbocycles. The van der Waals surface area contributed by atoms with E-state index in [9.17, 15) is 0 Å². The first-order valence-electron chi connectivity index (χ1n) is 5.96. The van der Waals surface area contributed by atoms with Gasteiger partial charge in [0, 0.05) is 24.8 Å². The Morgan fingerprint density at radius 1 is 1.59 bits per heavy atom. The van der Waals surface area contributed by atoms with E-state index in [-0.39, 0.29) is 0 Å². The Hall–Kier alpha value is -1.40. The van der Waals surface area contributed by atoms with E-state index in [2.05, 4.69) is 39.6 Å². The number of hydrazine groups is 1. The minimum Gasteiger partial charge on any atom is -0.368 e. The van der Waals surface area contributed by atoms with Gasteiger partial charge in [-0.05, 0) is 32.9 Å². The van der Waals surface area contributed by atoms with Crippen LogP contribution in [0.5, 0.6) is 0 Å². The van der Waals surface area contributed by atoms with Crippen LogP contribution in [-0.4, -0.2) is 40.5 Å². The number of rotatable bonds is 6. The quantitative estimate of drug-likeness (QED) is 0.497. The number of aromatic nitrogens is 2. The van der Waals surface area contributed by atoms with Crippen LogP contribution >= 0.6 is 0 Å². The van der Waals surface area contributed by atoms with Gasteiger partial charge in [-0.15, -0.1) is 0 Å². The molecule has 0 bridgehead atoms. The summed E-state index contributed by atoms with van der Waals surface area (Å²) in [4.78, 5) is 10.6. The molecule has 17 heavy (non-hydrogen) atoms. The molecule has 1 atom stereocenters. The van der Waals surface area contributed by atoms with Crippen molar-refractivity contribution in [1.82, 2.24) is 14.9 Å². The monoisotopic (exact) mass is 236 g/mol. The summed E-state index contributed by atoms with van der Waals surface area (Å²) in [5.41, 5.74) is 2.43. The van der Waals surface area contributed by atoms with Crippen LogP contribution in [0.4, 0.5) is 11.8 Å². The van der Waals surface area contributed by atoms with E-state index in [1.54, 1.807) is 6.20 Å². The molecule has 94 valence electrons. The van der Waals surface area contributed by atoms with Crippen molar-refractivity contribution in [2.24, 2.45) is 5.84 Å². The lowest BCUT2D eigenvalue weighted by atomic mass is 10.3. The molecule has 4 N–H and O–H groups in total. The zero-order valence-corrected chi connectivity index (χ0v) is 10.3. The van der Waals surface area contributed by atoms with Crippen molar-refractivity contribution in [2.45, 2.75) is 31.8 Å². The van der Waals surface area contributed by atoms with Gasteiger partial charge in [-0.1, -0.05) is 0 Å². The van der Waals surface area contributed by atoms with E-state index in [1.807, 2.05) is 6.07 Å². The molecule has 1 aliphatic rings. The molecule has 0 saturated heterocycles. The molecule has 0 radical (unpaired) electrons. The molecule has 2 rings (SSSR count). The number of likely N-dealkylation sites (N-methyl/N-ethyl adjacent to an activating group) is 1. The van der Waals surface area contributed by atoms with Crippen LogP contribution in [0.2, 0.25) is 0 Å². The van der Waals surface area contributed by atoms with Crippen molar-refractivity contribution in [3.8, 4) is 0 Å². The van der Waals surface area contributed by atoms with Gasteiger partial charge in [-0.3, -0.25) is 10.3 Å². The Morgan fingerprint density at radius 2 is 2.35 bits per heavy atom. The highest BCUT2D eigenvalue weighted by atomic mass is 15.3. The molecule has 1 fully saturated rings. The van der Waals surface area contributed by atoms with Gasteiger partial charge in [0.05, 0.1) is 0 Å². The van der Waals surface area contributed by atoms with Crippen molar-refractivity contribution < 1.29 is 0 Å². The zero-order valence-electron chi connectivity index (χ0n) is 10.3. The van der Waals surface area contributed by atoms with Crippen molar-refractivity contribution in [2.75, 3.05) is 24.3 Å². The van der Waals surface area contributed by atoms with E-state index < -0.39 is 0 Å². The molecule has 0 aliphatic heterocycles. The van der Waals surface area contributed by atoms with Crippen LogP contribution in [0.3, 0.4) is 0 Å². The number of hydrogen-bond acceptors (Lipinski definition) is 6. The van der Waals surface area contributed by atoms with Crippen LogP contribution in [0.15, 0.2) is 12.3 Å². The van der Waals surface area contributed by atoms with Crippen molar-refractivity contribution >= 4 is 11.8 Å². The Kier molecular flexibility index (Phi) is 3.75. The third-order valence-corrected chi connectivity index (χ3v) is 3.18. The second-order valence-electron chi connectivity index (χ2n) is 4.54. The van der Waals surface area contributed by atoms with Crippen molar-refractivity contribution in [1.29, 1.82) is 0 Å². The molecule has 0 aromatic carbocycles. The minimum absolute atomic E-state index is 0.429. The average molecular weight is 236 g/mol. The lowest BCUT2D eigenvalue weighted by molar-refractivity contribution is 0.257. The summed E-state index contributed by atoms with van der Waals surface area (Å²) in [6.07, 6.45) is 4.34. The maximum atomic E-state index is 5.26. The number of nitrogens with zero attached hydrogens (tertiary/aromatic N) is 3. The van der Waals surface area contributed by atoms with Crippen LogP contribution in [0.25, 0.3) is 0 Å². The van der Waals surface area contributed by atoms with Gasteiger partial charge < -0.3 is 5.32 Å². The second-order valence-corrected chi connectivity index (χ2v) is 4.54. The first-order chi connectivity index (χ1) is 8.20. The summed E-state index contributed by atoms with van der Waals surface area (Å²) in [7, 11) is 2.18. The van der Waals surface area contributed by atoms with Crippen molar-refractivity contribution in [3.05, 3.63) is 12.3 Å². The fraction of sp³-hybridized carbons (Fsp3) is 0.636. The van der Waals surface area contributed by atoms with Gasteiger partial charge in [-0.25, -0.2) is 10.8 Å². The average Bonchev–Trinajstić information content (AvgIpc) is 3.19. The molecule has 0 spiro atoms. The predicted molar refractivity (Wildman–Crippen MR) is 68.6 cm³/mol. The van der Waals surface area contributed by atoms with Crippen LogP contribution in [0, 0.1) is 0 Å². The molecular weight excluding hydrogens is 216 g/mol. The van der Waals surface area contributed by atoms with Crippen LogP contribution in [-0.2, 0) is 0 Å². The Bertz CT molecular complexity index is 365.